The molecule has 0 aromatic heterocycles. The first-order chi connectivity index (χ1) is 8.24. The van der Waals surface area contributed by atoms with E-state index in [-0.39, 0.29) is 0 Å². The first kappa shape index (κ1) is 15.2. The lowest BCUT2D eigenvalue weighted by Crippen LogP contribution is -2.00. The molecule has 0 aliphatic rings. The molecule has 92 valence electrons. The van der Waals surface area contributed by atoms with Crippen LogP contribution in [0.25, 0.3) is 0 Å². The maximum absolute atomic E-state index is 3.55. The molecule has 0 amide bonds. The van der Waals surface area contributed by atoms with Gasteiger partial charge in [0, 0.05) is 12.7 Å². The molecule has 0 saturated carbocycles. The summed E-state index contributed by atoms with van der Waals surface area (Å²) in [6, 6.07) is 10.5. The Morgan fingerprint density at radius 3 is 2.29 bits per heavy atom. The van der Waals surface area contributed by atoms with Crippen molar-refractivity contribution in [1.29, 1.82) is 0 Å². The number of nitrogens with one attached hydrogen (secondary N) is 1. The fraction of sp³-hybridized carbons (Fsp3) is 0.250. The second kappa shape index (κ2) is 10.7. The second-order valence-electron chi connectivity index (χ2n) is 3.56. The van der Waals surface area contributed by atoms with Crippen molar-refractivity contribution >= 4 is 0 Å². The van der Waals surface area contributed by atoms with Crippen molar-refractivity contribution in [3.05, 3.63) is 72.5 Å². The highest BCUT2D eigenvalue weighted by molar-refractivity contribution is 5.14. The maximum atomic E-state index is 3.55. The third-order valence-electron chi connectivity index (χ3n) is 2.24. The highest BCUT2D eigenvalue weighted by atomic mass is 14.8. The molecule has 1 rings (SSSR count). The minimum atomic E-state index is 1.14. The van der Waals surface area contributed by atoms with Crippen LogP contribution in [0.15, 0.2) is 66.9 Å². The van der Waals surface area contributed by atoms with E-state index in [1.165, 1.54) is 5.56 Å². The minimum absolute atomic E-state index is 1.14. The molecule has 1 N–H and O–H groups in total. The van der Waals surface area contributed by atoms with Crippen LogP contribution in [0.4, 0.5) is 0 Å². The summed E-state index contributed by atoms with van der Waals surface area (Å²) >= 11 is 0. The van der Waals surface area contributed by atoms with Gasteiger partial charge in [-0.05, 0) is 25.0 Å². The molecule has 17 heavy (non-hydrogen) atoms. The summed E-state index contributed by atoms with van der Waals surface area (Å²) in [5.74, 6) is 0. The van der Waals surface area contributed by atoms with E-state index in [9.17, 15) is 0 Å². The van der Waals surface area contributed by atoms with Crippen molar-refractivity contribution in [2.75, 3.05) is 7.05 Å². The molecule has 0 unspecified atom stereocenters. The molecule has 0 aliphatic carbocycles. The van der Waals surface area contributed by atoms with Crippen molar-refractivity contribution in [2.45, 2.75) is 20.3 Å². The third kappa shape index (κ3) is 9.19. The van der Waals surface area contributed by atoms with Crippen LogP contribution in [-0.2, 0) is 6.42 Å². The van der Waals surface area contributed by atoms with Gasteiger partial charge in [0.15, 0.2) is 0 Å². The normalized spacial score (nSPS) is 10.6. The Hall–Kier alpha value is -1.76. The Labute approximate surface area is 106 Å². The van der Waals surface area contributed by atoms with Gasteiger partial charge < -0.3 is 5.32 Å². The van der Waals surface area contributed by atoms with Crippen molar-refractivity contribution < 1.29 is 0 Å². The van der Waals surface area contributed by atoms with Crippen LogP contribution in [0, 0.1) is 0 Å². The summed E-state index contributed by atoms with van der Waals surface area (Å²) in [5, 5.41) is 3.00. The van der Waals surface area contributed by atoms with E-state index in [4.69, 9.17) is 0 Å². The average Bonchev–Trinajstić information content (AvgIpc) is 2.40. The summed E-state index contributed by atoms with van der Waals surface area (Å²) < 4.78 is 0. The van der Waals surface area contributed by atoms with Gasteiger partial charge in [-0.3, -0.25) is 0 Å². The molecule has 0 heterocycles. The van der Waals surface area contributed by atoms with Gasteiger partial charge in [0.1, 0.15) is 0 Å². The lowest BCUT2D eigenvalue weighted by atomic mass is 10.2. The molecule has 0 aliphatic heterocycles. The van der Waals surface area contributed by atoms with Gasteiger partial charge >= 0.3 is 0 Å². The van der Waals surface area contributed by atoms with Gasteiger partial charge in [-0.15, -0.1) is 0 Å². The number of benzene rings is 1. The fourth-order valence-corrected chi connectivity index (χ4v) is 1.08. The number of hydrogen-bond donors (Lipinski definition) is 1. The Morgan fingerprint density at radius 1 is 1.24 bits per heavy atom. The highest BCUT2D eigenvalue weighted by Gasteiger charge is 1.80. The van der Waals surface area contributed by atoms with E-state index in [1.807, 2.05) is 38.3 Å². The van der Waals surface area contributed by atoms with E-state index >= 15 is 0 Å². The largest absolute Gasteiger partial charge is 0.392 e. The molecule has 0 spiro atoms. The predicted octanol–water partition coefficient (Wildman–Crippen LogP) is 4.10. The standard InChI is InChI=1S/C8H13N.C8H10/c1-4-5-6-7-8(2)9-3;1-2-8-6-4-3-5-7-8/h4-7,9H,1H2,2-3H3;3-7H,2H2,1H3/b6-5-,8-7+;. The Bertz CT molecular complexity index is 347. The minimum Gasteiger partial charge on any atom is -0.392 e. The molecule has 0 bridgehead atoms. The van der Waals surface area contributed by atoms with E-state index in [0.29, 0.717) is 0 Å². The van der Waals surface area contributed by atoms with Gasteiger partial charge in [0.05, 0.1) is 0 Å². The first-order valence-electron chi connectivity index (χ1n) is 5.92. The number of rotatable bonds is 4. The maximum Gasteiger partial charge on any atom is 0.00724 e. The Kier molecular flexibility index (Phi) is 9.64. The van der Waals surface area contributed by atoms with Crippen molar-refractivity contribution in [3.63, 3.8) is 0 Å². The lowest BCUT2D eigenvalue weighted by Gasteiger charge is -1.92. The van der Waals surface area contributed by atoms with Gasteiger partial charge in [-0.25, -0.2) is 0 Å². The number of allylic oxidation sites excluding steroid dienone is 5. The van der Waals surface area contributed by atoms with Crippen LogP contribution in [0.1, 0.15) is 19.4 Å². The third-order valence-corrected chi connectivity index (χ3v) is 2.24. The van der Waals surface area contributed by atoms with Crippen molar-refractivity contribution in [2.24, 2.45) is 0 Å². The molecular weight excluding hydrogens is 206 g/mol. The Balaban J connectivity index is 0.000000302. The predicted molar refractivity (Wildman–Crippen MR) is 78.0 cm³/mol. The van der Waals surface area contributed by atoms with Crippen LogP contribution < -0.4 is 5.32 Å². The van der Waals surface area contributed by atoms with Crippen molar-refractivity contribution in [3.8, 4) is 0 Å². The smallest absolute Gasteiger partial charge is 0.00724 e. The zero-order valence-corrected chi connectivity index (χ0v) is 11.1. The number of hydrogen-bond acceptors (Lipinski definition) is 1. The van der Waals surface area contributed by atoms with Crippen LogP contribution >= 0.6 is 0 Å². The lowest BCUT2D eigenvalue weighted by molar-refractivity contribution is 0.990. The monoisotopic (exact) mass is 229 g/mol. The van der Waals surface area contributed by atoms with E-state index in [2.05, 4.69) is 43.1 Å². The average molecular weight is 229 g/mol. The van der Waals surface area contributed by atoms with Gasteiger partial charge in [0.25, 0.3) is 0 Å². The molecule has 0 fully saturated rings. The summed E-state index contributed by atoms with van der Waals surface area (Å²) in [6.45, 7) is 7.72. The molecule has 0 atom stereocenters. The van der Waals surface area contributed by atoms with Gasteiger partial charge in [-0.2, -0.15) is 0 Å². The van der Waals surface area contributed by atoms with E-state index < -0.39 is 0 Å². The van der Waals surface area contributed by atoms with Gasteiger partial charge in [0.2, 0.25) is 0 Å². The molecule has 1 aromatic rings. The topological polar surface area (TPSA) is 12.0 Å². The summed E-state index contributed by atoms with van der Waals surface area (Å²) in [7, 11) is 1.90. The van der Waals surface area contributed by atoms with Crippen LogP contribution in [0.3, 0.4) is 0 Å². The molecule has 0 radical (unpaired) electrons. The number of aryl methyl sites for hydroxylation is 1. The van der Waals surface area contributed by atoms with Crippen molar-refractivity contribution in [1.82, 2.24) is 5.32 Å². The van der Waals surface area contributed by atoms with Crippen LogP contribution in [-0.4, -0.2) is 7.05 Å². The van der Waals surface area contributed by atoms with E-state index in [1.54, 1.807) is 6.08 Å². The summed E-state index contributed by atoms with van der Waals surface area (Å²) in [5.41, 5.74) is 2.56. The summed E-state index contributed by atoms with van der Waals surface area (Å²) in [4.78, 5) is 0. The molecule has 1 aromatic carbocycles. The molecule has 0 saturated heterocycles. The zero-order chi connectivity index (χ0) is 12.9. The van der Waals surface area contributed by atoms with Crippen LogP contribution in [0.5, 0.6) is 0 Å². The van der Waals surface area contributed by atoms with Gasteiger partial charge in [-0.1, -0.05) is 62.1 Å². The second-order valence-corrected chi connectivity index (χ2v) is 3.56. The highest BCUT2D eigenvalue weighted by Crippen LogP contribution is 1.96. The summed E-state index contributed by atoms with van der Waals surface area (Å²) in [6.07, 6.45) is 8.71. The van der Waals surface area contributed by atoms with Crippen LogP contribution in [0.2, 0.25) is 0 Å². The van der Waals surface area contributed by atoms with E-state index in [0.717, 1.165) is 12.1 Å². The molecule has 1 nitrogen and oxygen atoms in total. The Morgan fingerprint density at radius 2 is 1.88 bits per heavy atom. The zero-order valence-electron chi connectivity index (χ0n) is 11.1. The quantitative estimate of drug-likeness (QED) is 0.766. The fourth-order valence-electron chi connectivity index (χ4n) is 1.08. The molecule has 1 heteroatoms. The SMILES string of the molecule is C=C/C=C\C=C(/C)NC.CCc1ccccc1. The first-order valence-corrected chi connectivity index (χ1v) is 5.92. The molecular formula is C16H23N.